The highest BCUT2D eigenvalue weighted by Gasteiger charge is 2.31. The molecule has 1 saturated heterocycles. The summed E-state index contributed by atoms with van der Waals surface area (Å²) < 4.78 is 23.6. The third kappa shape index (κ3) is 3.40. The van der Waals surface area contributed by atoms with Gasteiger partial charge in [0, 0.05) is 19.3 Å². The monoisotopic (exact) mass is 326 g/mol. The van der Waals surface area contributed by atoms with E-state index in [0.717, 1.165) is 32.2 Å². The van der Waals surface area contributed by atoms with E-state index in [1.54, 1.807) is 12.1 Å². The molecule has 0 unspecified atom stereocenters. The van der Waals surface area contributed by atoms with Gasteiger partial charge in [-0.05, 0) is 36.8 Å². The maximum atomic E-state index is 11.8. The van der Waals surface area contributed by atoms with E-state index in [9.17, 15) is 18.5 Å². The minimum absolute atomic E-state index is 0.207. The van der Waals surface area contributed by atoms with Crippen molar-refractivity contribution >= 4 is 21.2 Å². The summed E-state index contributed by atoms with van der Waals surface area (Å²) in [5.41, 5.74) is 0.114. The van der Waals surface area contributed by atoms with E-state index >= 15 is 0 Å². The number of nitro benzene ring substituents is 1. The van der Waals surface area contributed by atoms with Crippen molar-refractivity contribution in [3.05, 3.63) is 28.3 Å². The number of nitro groups is 1. The fourth-order valence-corrected chi connectivity index (χ4v) is 3.91. The van der Waals surface area contributed by atoms with Gasteiger partial charge >= 0.3 is 5.69 Å². The van der Waals surface area contributed by atoms with Gasteiger partial charge in [0.1, 0.15) is 10.6 Å². The van der Waals surface area contributed by atoms with Gasteiger partial charge in [-0.1, -0.05) is 19.9 Å². The Bertz CT molecular complexity index is 662. The van der Waals surface area contributed by atoms with E-state index in [1.165, 1.54) is 6.07 Å². The molecular formula is C15H22N2O4S. The summed E-state index contributed by atoms with van der Waals surface area (Å²) in [6.07, 6.45) is 2.94. The highest BCUT2D eigenvalue weighted by molar-refractivity contribution is 7.90. The molecule has 0 aliphatic carbocycles. The first-order valence-corrected chi connectivity index (χ1v) is 9.33. The van der Waals surface area contributed by atoms with Crippen LogP contribution in [0.2, 0.25) is 0 Å². The number of nitrogens with zero attached hydrogens (tertiary/aromatic N) is 2. The summed E-state index contributed by atoms with van der Waals surface area (Å²) in [5, 5.41) is 11.4. The van der Waals surface area contributed by atoms with E-state index in [2.05, 4.69) is 13.8 Å². The molecule has 1 aliphatic heterocycles. The number of para-hydroxylation sites is 1. The molecule has 1 aromatic carbocycles. The summed E-state index contributed by atoms with van der Waals surface area (Å²) in [6.45, 7) is 5.81. The third-order valence-electron chi connectivity index (χ3n) is 4.38. The van der Waals surface area contributed by atoms with Gasteiger partial charge in [0.05, 0.1) is 4.92 Å². The minimum atomic E-state index is -3.63. The molecule has 0 bridgehead atoms. The highest BCUT2D eigenvalue weighted by Crippen LogP contribution is 2.37. The van der Waals surface area contributed by atoms with E-state index < -0.39 is 14.8 Å². The lowest BCUT2D eigenvalue weighted by Crippen LogP contribution is -2.35. The second-order valence-corrected chi connectivity index (χ2v) is 8.21. The number of rotatable bonds is 4. The molecule has 0 amide bonds. The van der Waals surface area contributed by atoms with Crippen molar-refractivity contribution in [3.63, 3.8) is 0 Å². The molecule has 0 spiro atoms. The van der Waals surface area contributed by atoms with Gasteiger partial charge in [0.25, 0.3) is 0 Å². The lowest BCUT2D eigenvalue weighted by molar-refractivity contribution is -0.387. The predicted molar refractivity (Wildman–Crippen MR) is 86.0 cm³/mol. The van der Waals surface area contributed by atoms with Gasteiger partial charge in [0.15, 0.2) is 9.84 Å². The van der Waals surface area contributed by atoms with Crippen LogP contribution < -0.4 is 4.90 Å². The Morgan fingerprint density at radius 1 is 1.27 bits per heavy atom. The van der Waals surface area contributed by atoms with Crippen molar-refractivity contribution in [2.45, 2.75) is 31.6 Å². The Balaban J connectivity index is 2.39. The number of hydrogen-bond acceptors (Lipinski definition) is 5. The number of benzene rings is 1. The Morgan fingerprint density at radius 2 is 1.86 bits per heavy atom. The zero-order valence-electron chi connectivity index (χ0n) is 13.2. The van der Waals surface area contributed by atoms with Crippen LogP contribution in [0.1, 0.15) is 26.7 Å². The largest absolute Gasteiger partial charge is 0.366 e. The van der Waals surface area contributed by atoms with Crippen LogP contribution in [0.25, 0.3) is 0 Å². The van der Waals surface area contributed by atoms with Gasteiger partial charge in [-0.3, -0.25) is 10.1 Å². The highest BCUT2D eigenvalue weighted by atomic mass is 32.2. The molecule has 6 nitrogen and oxygen atoms in total. The Hall–Kier alpha value is -1.63. The molecule has 1 aromatic rings. The lowest BCUT2D eigenvalue weighted by atomic mass is 9.86. The van der Waals surface area contributed by atoms with Gasteiger partial charge < -0.3 is 4.90 Å². The van der Waals surface area contributed by atoms with Crippen LogP contribution in [0.15, 0.2) is 23.1 Å². The Labute approximate surface area is 131 Å². The molecule has 0 saturated carbocycles. The first-order chi connectivity index (χ1) is 10.2. The van der Waals surface area contributed by atoms with Crippen molar-refractivity contribution in [3.8, 4) is 0 Å². The standard InChI is InChI=1S/C15H22N2O4S/c1-11(2)12-7-9-16(10-8-12)13-5-4-6-14(22(3,20)21)15(13)17(18)19/h4-6,11-12H,7-10H2,1-3H3. The van der Waals surface area contributed by atoms with Gasteiger partial charge in [-0.25, -0.2) is 8.42 Å². The summed E-state index contributed by atoms with van der Waals surface area (Å²) in [4.78, 5) is 12.6. The van der Waals surface area contributed by atoms with Crippen molar-refractivity contribution in [2.75, 3.05) is 24.2 Å². The first kappa shape index (κ1) is 16.7. The number of hydrogen-bond donors (Lipinski definition) is 0. The lowest BCUT2D eigenvalue weighted by Gasteiger charge is -2.35. The third-order valence-corrected chi connectivity index (χ3v) is 5.51. The summed E-state index contributed by atoms with van der Waals surface area (Å²) >= 11 is 0. The maximum absolute atomic E-state index is 11.8. The number of piperidine rings is 1. The van der Waals surface area contributed by atoms with Crippen molar-refractivity contribution in [1.82, 2.24) is 0 Å². The summed E-state index contributed by atoms with van der Waals surface area (Å²) in [7, 11) is -3.63. The Morgan fingerprint density at radius 3 is 2.32 bits per heavy atom. The normalized spacial score (nSPS) is 17.0. The molecule has 1 aliphatic rings. The minimum Gasteiger partial charge on any atom is -0.366 e. The molecule has 22 heavy (non-hydrogen) atoms. The molecule has 0 atom stereocenters. The molecule has 1 fully saturated rings. The second-order valence-electron chi connectivity index (χ2n) is 6.22. The van der Waals surface area contributed by atoms with Crippen molar-refractivity contribution < 1.29 is 13.3 Å². The van der Waals surface area contributed by atoms with Gasteiger partial charge in [-0.2, -0.15) is 0 Å². The van der Waals surface area contributed by atoms with Gasteiger partial charge in [-0.15, -0.1) is 0 Å². The van der Waals surface area contributed by atoms with E-state index in [4.69, 9.17) is 0 Å². The average molecular weight is 326 g/mol. The number of anilines is 1. The quantitative estimate of drug-likeness (QED) is 0.628. The second kappa shape index (κ2) is 6.24. The molecule has 2 rings (SSSR count). The van der Waals surface area contributed by atoms with E-state index in [-0.39, 0.29) is 10.6 Å². The van der Waals surface area contributed by atoms with E-state index in [0.29, 0.717) is 17.5 Å². The van der Waals surface area contributed by atoms with Crippen LogP contribution >= 0.6 is 0 Å². The van der Waals surface area contributed by atoms with Crippen LogP contribution in [0, 0.1) is 22.0 Å². The summed E-state index contributed by atoms with van der Waals surface area (Å²) in [5.74, 6) is 1.22. The van der Waals surface area contributed by atoms with Crippen LogP contribution in [0.3, 0.4) is 0 Å². The fourth-order valence-electron chi connectivity index (χ4n) is 3.06. The Kier molecular flexibility index (Phi) is 4.75. The molecule has 122 valence electrons. The predicted octanol–water partition coefficient (Wildman–Crippen LogP) is 2.87. The smallest absolute Gasteiger partial charge is 0.311 e. The fraction of sp³-hybridized carbons (Fsp3) is 0.600. The van der Waals surface area contributed by atoms with Crippen molar-refractivity contribution in [1.29, 1.82) is 0 Å². The topological polar surface area (TPSA) is 80.5 Å². The van der Waals surface area contributed by atoms with Crippen LogP contribution in [0.5, 0.6) is 0 Å². The van der Waals surface area contributed by atoms with Crippen LogP contribution in [0.4, 0.5) is 11.4 Å². The average Bonchev–Trinajstić information content (AvgIpc) is 2.45. The zero-order valence-corrected chi connectivity index (χ0v) is 14.0. The maximum Gasteiger partial charge on any atom is 0.311 e. The van der Waals surface area contributed by atoms with E-state index in [1.807, 2.05) is 4.90 Å². The first-order valence-electron chi connectivity index (χ1n) is 7.44. The van der Waals surface area contributed by atoms with Crippen molar-refractivity contribution in [2.24, 2.45) is 11.8 Å². The molecule has 1 heterocycles. The molecule has 7 heteroatoms. The molecular weight excluding hydrogens is 304 g/mol. The molecule has 0 radical (unpaired) electrons. The zero-order chi connectivity index (χ0) is 16.5. The van der Waals surface area contributed by atoms with Crippen LogP contribution in [-0.4, -0.2) is 32.7 Å². The summed E-state index contributed by atoms with van der Waals surface area (Å²) in [6, 6.07) is 4.52. The van der Waals surface area contributed by atoms with Crippen LogP contribution in [-0.2, 0) is 9.84 Å². The SMILES string of the molecule is CC(C)C1CCN(c2cccc(S(C)(=O)=O)c2[N+](=O)[O-])CC1. The number of sulfone groups is 1. The molecule has 0 N–H and O–H groups in total. The van der Waals surface area contributed by atoms with Gasteiger partial charge in [0.2, 0.25) is 0 Å². The molecule has 0 aromatic heterocycles.